The Labute approximate surface area is 122 Å². The van der Waals surface area contributed by atoms with Crippen LogP contribution in [0.1, 0.15) is 57.8 Å². The summed E-state index contributed by atoms with van der Waals surface area (Å²) in [7, 11) is 0. The van der Waals surface area contributed by atoms with E-state index in [2.05, 4.69) is 4.90 Å². The molecule has 0 aromatic rings. The van der Waals surface area contributed by atoms with E-state index in [4.69, 9.17) is 10.5 Å². The predicted octanol–water partition coefficient (Wildman–Crippen LogP) is 2.07. The van der Waals surface area contributed by atoms with Gasteiger partial charge in [-0.3, -0.25) is 4.79 Å². The van der Waals surface area contributed by atoms with Gasteiger partial charge in [-0.15, -0.1) is 0 Å². The Morgan fingerprint density at radius 1 is 1.10 bits per heavy atom. The van der Waals surface area contributed by atoms with Crippen LogP contribution in [-0.2, 0) is 9.53 Å². The fraction of sp³-hybridized carbons (Fsp3) is 0.938. The number of ether oxygens (including phenoxy) is 1. The van der Waals surface area contributed by atoms with E-state index in [0.717, 1.165) is 6.54 Å². The zero-order valence-corrected chi connectivity index (χ0v) is 12.5. The fourth-order valence-corrected chi connectivity index (χ4v) is 3.67. The lowest BCUT2D eigenvalue weighted by molar-refractivity contribution is -0.142. The lowest BCUT2D eigenvalue weighted by Gasteiger charge is -2.39. The van der Waals surface area contributed by atoms with Gasteiger partial charge in [0.05, 0.1) is 5.54 Å². The third kappa shape index (κ3) is 3.17. The van der Waals surface area contributed by atoms with Crippen molar-refractivity contribution < 1.29 is 9.53 Å². The van der Waals surface area contributed by atoms with Crippen molar-refractivity contribution in [3.05, 3.63) is 0 Å². The minimum absolute atomic E-state index is 0.203. The predicted molar refractivity (Wildman–Crippen MR) is 78.3 cm³/mol. The topological polar surface area (TPSA) is 55.6 Å². The number of nitrogens with zero attached hydrogens (tertiary/aromatic N) is 1. The quantitative estimate of drug-likeness (QED) is 0.857. The number of hydrogen-bond acceptors (Lipinski definition) is 3. The second-order valence-corrected chi connectivity index (χ2v) is 6.96. The third-order valence-corrected chi connectivity index (χ3v) is 5.24. The van der Waals surface area contributed by atoms with Crippen LogP contribution in [0.5, 0.6) is 0 Å². The monoisotopic (exact) mass is 280 g/mol. The van der Waals surface area contributed by atoms with Crippen molar-refractivity contribution in [2.75, 3.05) is 19.8 Å². The van der Waals surface area contributed by atoms with Crippen LogP contribution in [0.15, 0.2) is 0 Å². The molecule has 1 heterocycles. The van der Waals surface area contributed by atoms with Gasteiger partial charge in [0.1, 0.15) is 0 Å². The highest BCUT2D eigenvalue weighted by atomic mass is 16.5. The number of carbonyl (C=O) groups excluding carboxylic acids is 1. The molecule has 3 aliphatic rings. The maximum absolute atomic E-state index is 12.9. The van der Waals surface area contributed by atoms with E-state index in [-0.39, 0.29) is 5.91 Å². The Bertz CT molecular complexity index is 342. The minimum Gasteiger partial charge on any atom is -0.381 e. The van der Waals surface area contributed by atoms with Crippen LogP contribution in [0.3, 0.4) is 0 Å². The molecule has 114 valence electrons. The Morgan fingerprint density at radius 2 is 1.75 bits per heavy atom. The first kappa shape index (κ1) is 14.3. The second kappa shape index (κ2) is 6.02. The van der Waals surface area contributed by atoms with Crippen LogP contribution < -0.4 is 5.73 Å². The van der Waals surface area contributed by atoms with Crippen LogP contribution in [0.25, 0.3) is 0 Å². The van der Waals surface area contributed by atoms with Crippen molar-refractivity contribution in [3.8, 4) is 0 Å². The highest BCUT2D eigenvalue weighted by Crippen LogP contribution is 2.34. The van der Waals surface area contributed by atoms with Gasteiger partial charge >= 0.3 is 0 Å². The number of amides is 1. The molecule has 3 fully saturated rings. The van der Waals surface area contributed by atoms with Crippen molar-refractivity contribution in [1.82, 2.24) is 4.90 Å². The number of rotatable bonds is 4. The van der Waals surface area contributed by atoms with Crippen molar-refractivity contribution in [2.24, 2.45) is 11.7 Å². The number of carbonyl (C=O) groups is 1. The molecule has 0 bridgehead atoms. The standard InChI is InChI=1S/C16H28N2O2/c17-16(8-10-20-11-9-16)15(19)18(14-6-7-14)12-13-4-2-1-3-5-13/h13-14H,1-12,17H2. The van der Waals surface area contributed by atoms with E-state index in [1.165, 1.54) is 44.9 Å². The lowest BCUT2D eigenvalue weighted by Crippen LogP contribution is -2.59. The molecule has 3 rings (SSSR count). The maximum Gasteiger partial charge on any atom is 0.243 e. The van der Waals surface area contributed by atoms with Gasteiger partial charge in [0.15, 0.2) is 0 Å². The Hall–Kier alpha value is -0.610. The smallest absolute Gasteiger partial charge is 0.243 e. The summed E-state index contributed by atoms with van der Waals surface area (Å²) in [6.07, 6.45) is 10.3. The van der Waals surface area contributed by atoms with Crippen molar-refractivity contribution in [1.29, 1.82) is 0 Å². The summed E-state index contributed by atoms with van der Waals surface area (Å²) in [5.41, 5.74) is 5.75. The largest absolute Gasteiger partial charge is 0.381 e. The van der Waals surface area contributed by atoms with Gasteiger partial charge in [0.2, 0.25) is 5.91 Å². The van der Waals surface area contributed by atoms with Gasteiger partial charge < -0.3 is 15.4 Å². The van der Waals surface area contributed by atoms with Crippen LogP contribution in [-0.4, -0.2) is 42.1 Å². The molecule has 1 amide bonds. The molecule has 1 saturated heterocycles. The van der Waals surface area contributed by atoms with E-state index in [1.54, 1.807) is 0 Å². The van der Waals surface area contributed by atoms with Gasteiger partial charge in [-0.25, -0.2) is 0 Å². The molecule has 20 heavy (non-hydrogen) atoms. The molecule has 0 atom stereocenters. The third-order valence-electron chi connectivity index (χ3n) is 5.24. The molecule has 4 nitrogen and oxygen atoms in total. The first-order chi connectivity index (χ1) is 9.69. The SMILES string of the molecule is NC1(C(=O)N(CC2CCCCC2)C2CC2)CCOCC1. The van der Waals surface area contributed by atoms with Gasteiger partial charge in [0.25, 0.3) is 0 Å². The molecule has 1 aliphatic heterocycles. The van der Waals surface area contributed by atoms with Crippen LogP contribution >= 0.6 is 0 Å². The number of hydrogen-bond donors (Lipinski definition) is 1. The highest BCUT2D eigenvalue weighted by molar-refractivity contribution is 5.86. The summed E-state index contributed by atoms with van der Waals surface area (Å²) < 4.78 is 5.37. The minimum atomic E-state index is -0.657. The average molecular weight is 280 g/mol. The normalized spacial score (nSPS) is 27.2. The van der Waals surface area contributed by atoms with Crippen molar-refractivity contribution in [3.63, 3.8) is 0 Å². The average Bonchev–Trinajstić information content (AvgIpc) is 3.30. The Kier molecular flexibility index (Phi) is 4.32. The first-order valence-electron chi connectivity index (χ1n) is 8.37. The summed E-state index contributed by atoms with van der Waals surface area (Å²) in [6.45, 7) is 2.21. The van der Waals surface area contributed by atoms with E-state index in [1.807, 2.05) is 0 Å². The van der Waals surface area contributed by atoms with Gasteiger partial charge in [0, 0.05) is 25.8 Å². The molecule has 0 aromatic heterocycles. The summed E-state index contributed by atoms with van der Waals surface area (Å²) >= 11 is 0. The van der Waals surface area contributed by atoms with Gasteiger partial charge in [-0.05, 0) is 44.4 Å². The summed E-state index contributed by atoms with van der Waals surface area (Å²) in [5.74, 6) is 0.908. The zero-order valence-electron chi connectivity index (χ0n) is 12.5. The fourth-order valence-electron chi connectivity index (χ4n) is 3.67. The molecular weight excluding hydrogens is 252 g/mol. The molecule has 0 aromatic carbocycles. The molecule has 0 unspecified atom stereocenters. The second-order valence-electron chi connectivity index (χ2n) is 6.96. The molecule has 0 spiro atoms. The van der Waals surface area contributed by atoms with Gasteiger partial charge in [-0.1, -0.05) is 19.3 Å². The van der Waals surface area contributed by atoms with E-state index < -0.39 is 5.54 Å². The molecule has 0 radical (unpaired) electrons. The van der Waals surface area contributed by atoms with E-state index in [0.29, 0.717) is 38.0 Å². The van der Waals surface area contributed by atoms with E-state index >= 15 is 0 Å². The molecule has 4 heteroatoms. The first-order valence-corrected chi connectivity index (χ1v) is 8.37. The van der Waals surface area contributed by atoms with Crippen LogP contribution in [0.4, 0.5) is 0 Å². The van der Waals surface area contributed by atoms with Crippen LogP contribution in [0, 0.1) is 5.92 Å². The Balaban J connectivity index is 1.64. The number of nitrogens with two attached hydrogens (primary N) is 1. The zero-order chi connectivity index (χ0) is 14.0. The summed E-state index contributed by atoms with van der Waals surface area (Å²) in [6, 6.07) is 0.479. The lowest BCUT2D eigenvalue weighted by atomic mass is 9.86. The Morgan fingerprint density at radius 3 is 2.35 bits per heavy atom. The summed E-state index contributed by atoms with van der Waals surface area (Å²) in [4.78, 5) is 15.1. The van der Waals surface area contributed by atoms with Gasteiger partial charge in [-0.2, -0.15) is 0 Å². The molecule has 2 saturated carbocycles. The molecular formula is C16H28N2O2. The van der Waals surface area contributed by atoms with Crippen molar-refractivity contribution >= 4 is 5.91 Å². The maximum atomic E-state index is 12.9. The highest BCUT2D eigenvalue weighted by Gasteiger charge is 2.44. The summed E-state index contributed by atoms with van der Waals surface area (Å²) in [5, 5.41) is 0. The molecule has 2 N–H and O–H groups in total. The van der Waals surface area contributed by atoms with Crippen LogP contribution in [0.2, 0.25) is 0 Å². The van der Waals surface area contributed by atoms with Crippen molar-refractivity contribution in [2.45, 2.75) is 69.4 Å². The molecule has 2 aliphatic carbocycles. The van der Waals surface area contributed by atoms with E-state index in [9.17, 15) is 4.79 Å².